The molecule has 0 spiro atoms. The van der Waals surface area contributed by atoms with E-state index in [0.29, 0.717) is 16.5 Å². The average molecular weight is 346 g/mol. The van der Waals surface area contributed by atoms with Crippen LogP contribution in [0, 0.1) is 0 Å². The lowest BCUT2D eigenvalue weighted by Gasteiger charge is -2.06. The number of anilines is 1. The highest BCUT2D eigenvalue weighted by Crippen LogP contribution is 2.29. The van der Waals surface area contributed by atoms with Crippen LogP contribution in [-0.4, -0.2) is 28.9 Å². The standard InChI is InChI=1S/C13H13F3N4O2S/c14-13(15,16)5-23-4-6-1-2-7-8(3-6)19-11(20-12(18)22)9(7)10(17)21/h1-3,19H,4-5H2,(H2,17,21)(H3,18,20,22). The second-order valence-electron chi connectivity index (χ2n) is 4.72. The topological polar surface area (TPSA) is 114 Å². The quantitative estimate of drug-likeness (QED) is 0.667. The van der Waals surface area contributed by atoms with Gasteiger partial charge in [0.25, 0.3) is 5.91 Å². The molecule has 0 aliphatic rings. The van der Waals surface area contributed by atoms with E-state index in [1.165, 1.54) is 0 Å². The first-order chi connectivity index (χ1) is 10.7. The molecule has 0 aliphatic heterocycles. The molecular formula is C13H13F3N4O2S. The van der Waals surface area contributed by atoms with Crippen LogP contribution in [0.25, 0.3) is 10.9 Å². The van der Waals surface area contributed by atoms with Crippen LogP contribution in [0.2, 0.25) is 0 Å². The first kappa shape index (κ1) is 17.0. The Kier molecular flexibility index (Phi) is 4.73. The molecule has 6 N–H and O–H groups in total. The van der Waals surface area contributed by atoms with E-state index < -0.39 is 23.9 Å². The lowest BCUT2D eigenvalue weighted by molar-refractivity contribution is -0.105. The Bertz CT molecular complexity index is 757. The number of fused-ring (bicyclic) bond motifs is 1. The minimum atomic E-state index is -4.22. The van der Waals surface area contributed by atoms with Crippen molar-refractivity contribution in [3.63, 3.8) is 0 Å². The zero-order valence-corrected chi connectivity index (χ0v) is 12.5. The predicted molar refractivity (Wildman–Crippen MR) is 82.2 cm³/mol. The van der Waals surface area contributed by atoms with E-state index in [-0.39, 0.29) is 17.1 Å². The number of rotatable bonds is 5. The molecule has 0 radical (unpaired) electrons. The maximum absolute atomic E-state index is 12.1. The third-order valence-electron chi connectivity index (χ3n) is 2.89. The lowest BCUT2D eigenvalue weighted by Crippen LogP contribution is -2.22. The molecule has 2 aromatic rings. The van der Waals surface area contributed by atoms with E-state index in [0.717, 1.165) is 11.8 Å². The van der Waals surface area contributed by atoms with Crippen molar-refractivity contribution in [3.8, 4) is 0 Å². The van der Waals surface area contributed by atoms with Crippen molar-refractivity contribution in [2.45, 2.75) is 11.9 Å². The van der Waals surface area contributed by atoms with Crippen molar-refractivity contribution in [2.75, 3.05) is 11.1 Å². The molecule has 124 valence electrons. The fraction of sp³-hybridized carbons (Fsp3) is 0.231. The van der Waals surface area contributed by atoms with Gasteiger partial charge in [0.2, 0.25) is 0 Å². The van der Waals surface area contributed by atoms with Crippen LogP contribution in [-0.2, 0) is 5.75 Å². The van der Waals surface area contributed by atoms with Crippen molar-refractivity contribution < 1.29 is 22.8 Å². The number of benzene rings is 1. The van der Waals surface area contributed by atoms with Gasteiger partial charge < -0.3 is 16.5 Å². The Morgan fingerprint density at radius 2 is 1.96 bits per heavy atom. The number of thioether (sulfide) groups is 1. The van der Waals surface area contributed by atoms with Gasteiger partial charge in [-0.1, -0.05) is 12.1 Å². The number of halogens is 3. The molecule has 0 saturated carbocycles. The maximum Gasteiger partial charge on any atom is 0.397 e. The minimum absolute atomic E-state index is 0.0556. The van der Waals surface area contributed by atoms with Crippen LogP contribution in [0.5, 0.6) is 0 Å². The maximum atomic E-state index is 12.1. The third-order valence-corrected chi connectivity index (χ3v) is 3.96. The number of carbonyl (C=O) groups excluding carboxylic acids is 2. The Hall–Kier alpha value is -2.36. The number of carbonyl (C=O) groups is 2. The molecule has 0 bridgehead atoms. The minimum Gasteiger partial charge on any atom is -0.365 e. The first-order valence-electron chi connectivity index (χ1n) is 6.33. The fourth-order valence-corrected chi connectivity index (χ4v) is 2.84. The molecule has 3 amide bonds. The van der Waals surface area contributed by atoms with Crippen molar-refractivity contribution in [2.24, 2.45) is 11.5 Å². The SMILES string of the molecule is NC(=O)Nc1[nH]c2cc(CSCC(F)(F)F)ccc2c1C(N)=O. The summed E-state index contributed by atoms with van der Waals surface area (Å²) in [6.07, 6.45) is -4.22. The number of urea groups is 1. The lowest BCUT2D eigenvalue weighted by atomic mass is 10.1. The predicted octanol–water partition coefficient (Wildman–Crippen LogP) is 2.55. The highest BCUT2D eigenvalue weighted by atomic mass is 32.2. The summed E-state index contributed by atoms with van der Waals surface area (Å²) in [4.78, 5) is 25.3. The number of aromatic nitrogens is 1. The van der Waals surface area contributed by atoms with Gasteiger partial charge in [-0.3, -0.25) is 10.1 Å². The number of amides is 3. The molecule has 10 heteroatoms. The van der Waals surface area contributed by atoms with Crippen LogP contribution in [0.15, 0.2) is 18.2 Å². The molecule has 1 aromatic heterocycles. The molecule has 23 heavy (non-hydrogen) atoms. The molecule has 0 unspecified atom stereocenters. The molecular weight excluding hydrogens is 333 g/mol. The van der Waals surface area contributed by atoms with Crippen LogP contribution >= 0.6 is 11.8 Å². The Morgan fingerprint density at radius 3 is 2.52 bits per heavy atom. The summed E-state index contributed by atoms with van der Waals surface area (Å²) >= 11 is 0.730. The summed E-state index contributed by atoms with van der Waals surface area (Å²) < 4.78 is 36.4. The van der Waals surface area contributed by atoms with Gasteiger partial charge in [0.15, 0.2) is 0 Å². The summed E-state index contributed by atoms with van der Waals surface area (Å²) in [7, 11) is 0. The van der Waals surface area contributed by atoms with E-state index in [1.54, 1.807) is 18.2 Å². The summed E-state index contributed by atoms with van der Waals surface area (Å²) in [5, 5.41) is 2.71. The number of alkyl halides is 3. The van der Waals surface area contributed by atoms with E-state index >= 15 is 0 Å². The van der Waals surface area contributed by atoms with Crippen molar-refractivity contribution in [1.29, 1.82) is 0 Å². The number of primary amides is 2. The number of H-pyrrole nitrogens is 1. The molecule has 2 rings (SSSR count). The van der Waals surface area contributed by atoms with E-state index in [1.807, 2.05) is 0 Å². The Labute approximate surface area is 132 Å². The van der Waals surface area contributed by atoms with Crippen molar-refractivity contribution in [3.05, 3.63) is 29.3 Å². The third kappa shape index (κ3) is 4.31. The van der Waals surface area contributed by atoms with Gasteiger partial charge in [0.1, 0.15) is 5.82 Å². The highest BCUT2D eigenvalue weighted by Gasteiger charge is 2.26. The summed E-state index contributed by atoms with van der Waals surface area (Å²) in [6.45, 7) is 0. The van der Waals surface area contributed by atoms with Gasteiger partial charge in [0, 0.05) is 16.7 Å². The van der Waals surface area contributed by atoms with Gasteiger partial charge >= 0.3 is 12.2 Å². The number of nitrogens with one attached hydrogen (secondary N) is 2. The molecule has 0 aliphatic carbocycles. The average Bonchev–Trinajstić information content (AvgIpc) is 2.73. The van der Waals surface area contributed by atoms with Gasteiger partial charge in [-0.25, -0.2) is 4.79 Å². The van der Waals surface area contributed by atoms with Gasteiger partial charge in [-0.05, 0) is 11.6 Å². The zero-order valence-electron chi connectivity index (χ0n) is 11.7. The summed E-state index contributed by atoms with van der Waals surface area (Å²) in [6, 6.07) is 3.87. The Balaban J connectivity index is 2.29. The van der Waals surface area contributed by atoms with Crippen LogP contribution in [0.4, 0.5) is 23.8 Å². The number of hydrogen-bond donors (Lipinski definition) is 4. The number of nitrogens with two attached hydrogens (primary N) is 2. The summed E-state index contributed by atoms with van der Waals surface area (Å²) in [5.41, 5.74) is 11.5. The molecule has 0 saturated heterocycles. The fourth-order valence-electron chi connectivity index (χ4n) is 2.09. The second kappa shape index (κ2) is 6.41. The second-order valence-corrected chi connectivity index (χ2v) is 5.70. The molecule has 1 aromatic carbocycles. The largest absolute Gasteiger partial charge is 0.397 e. The van der Waals surface area contributed by atoms with Crippen LogP contribution in [0.1, 0.15) is 15.9 Å². The first-order valence-corrected chi connectivity index (χ1v) is 7.48. The van der Waals surface area contributed by atoms with E-state index in [2.05, 4.69) is 10.3 Å². The van der Waals surface area contributed by atoms with Gasteiger partial charge in [-0.15, -0.1) is 11.8 Å². The van der Waals surface area contributed by atoms with Crippen molar-refractivity contribution in [1.82, 2.24) is 4.98 Å². The summed E-state index contributed by atoms with van der Waals surface area (Å²) in [5.74, 6) is -1.50. The highest BCUT2D eigenvalue weighted by molar-refractivity contribution is 7.98. The van der Waals surface area contributed by atoms with Crippen LogP contribution < -0.4 is 16.8 Å². The zero-order chi connectivity index (χ0) is 17.2. The number of aromatic amines is 1. The van der Waals surface area contributed by atoms with E-state index in [9.17, 15) is 22.8 Å². The Morgan fingerprint density at radius 1 is 1.26 bits per heavy atom. The number of hydrogen-bond acceptors (Lipinski definition) is 3. The molecule has 1 heterocycles. The normalized spacial score (nSPS) is 11.6. The molecule has 0 fully saturated rings. The molecule has 0 atom stereocenters. The smallest absolute Gasteiger partial charge is 0.365 e. The molecule has 6 nitrogen and oxygen atoms in total. The van der Waals surface area contributed by atoms with Gasteiger partial charge in [-0.2, -0.15) is 13.2 Å². The van der Waals surface area contributed by atoms with Crippen molar-refractivity contribution >= 4 is 40.4 Å². The van der Waals surface area contributed by atoms with Crippen LogP contribution in [0.3, 0.4) is 0 Å². The van der Waals surface area contributed by atoms with E-state index in [4.69, 9.17) is 11.5 Å². The monoisotopic (exact) mass is 346 g/mol. The van der Waals surface area contributed by atoms with Gasteiger partial charge in [0.05, 0.1) is 11.3 Å².